The molecule has 0 aliphatic rings. The Balaban J connectivity index is 2.45. The number of nitrogens with one attached hydrogen (secondary N) is 1. The first kappa shape index (κ1) is 15.9. The van der Waals surface area contributed by atoms with Crippen LogP contribution in [0.25, 0.3) is 0 Å². The summed E-state index contributed by atoms with van der Waals surface area (Å²) in [4.78, 5) is 1.18. The number of methoxy groups -OCH3 is 1. The number of ether oxygens (including phenoxy) is 1. The van der Waals surface area contributed by atoms with Crippen LogP contribution in [0.1, 0.15) is 26.7 Å². The van der Waals surface area contributed by atoms with Gasteiger partial charge in [-0.3, -0.25) is 5.32 Å². The topological polar surface area (TPSA) is 45.0 Å². The molecule has 1 rings (SSSR count). The maximum absolute atomic E-state index is 9.25. The molecule has 1 aromatic rings. The van der Waals surface area contributed by atoms with E-state index in [1.165, 1.54) is 4.90 Å². The normalized spacial score (nSPS) is 13.6. The molecule has 0 radical (unpaired) electrons. The predicted molar refractivity (Wildman–Crippen MR) is 80.6 cm³/mol. The molecule has 1 aromatic carbocycles. The predicted octanol–water partition coefficient (Wildman–Crippen LogP) is 3.46. The van der Waals surface area contributed by atoms with Crippen LogP contribution in [-0.2, 0) is 0 Å². The van der Waals surface area contributed by atoms with Gasteiger partial charge in [0.25, 0.3) is 0 Å². The van der Waals surface area contributed by atoms with Gasteiger partial charge in [0, 0.05) is 10.6 Å². The molecule has 0 fully saturated rings. The lowest BCUT2D eigenvalue weighted by molar-refractivity contribution is 0.413. The number of benzene rings is 1. The molecule has 104 valence electrons. The Morgan fingerprint density at radius 3 is 2.89 bits per heavy atom. The van der Waals surface area contributed by atoms with E-state index in [4.69, 9.17) is 4.74 Å². The molecule has 0 saturated heterocycles. The molecule has 0 aromatic heterocycles. The largest absolute Gasteiger partial charge is 0.497 e. The monoisotopic (exact) mass is 278 g/mol. The Morgan fingerprint density at radius 2 is 2.26 bits per heavy atom. The Morgan fingerprint density at radius 1 is 1.47 bits per heavy atom. The Hall–Kier alpha value is -1.18. The fourth-order valence-electron chi connectivity index (χ4n) is 1.65. The standard InChI is InChI=1S/C15H22N2OS/c1-4-9-17-15(2,12-16)8-10-19-14-7-5-6-13(11-14)18-3/h5-7,11,17H,4,8-10H2,1-3H3. The van der Waals surface area contributed by atoms with Gasteiger partial charge in [-0.2, -0.15) is 5.26 Å². The molecule has 4 heteroatoms. The van der Waals surface area contributed by atoms with Crippen LogP contribution in [0, 0.1) is 11.3 Å². The highest BCUT2D eigenvalue weighted by Gasteiger charge is 2.21. The average molecular weight is 278 g/mol. The smallest absolute Gasteiger partial charge is 0.119 e. The molecule has 0 spiro atoms. The molecule has 0 saturated carbocycles. The number of rotatable bonds is 8. The van der Waals surface area contributed by atoms with Crippen LogP contribution in [0.5, 0.6) is 5.75 Å². The Kier molecular flexibility index (Phi) is 6.75. The van der Waals surface area contributed by atoms with E-state index in [1.807, 2.05) is 25.1 Å². The molecule has 1 unspecified atom stereocenters. The minimum Gasteiger partial charge on any atom is -0.497 e. The summed E-state index contributed by atoms with van der Waals surface area (Å²) in [6, 6.07) is 10.4. The lowest BCUT2D eigenvalue weighted by Gasteiger charge is -2.22. The number of hydrogen-bond donors (Lipinski definition) is 1. The van der Waals surface area contributed by atoms with Crippen molar-refractivity contribution in [1.29, 1.82) is 5.26 Å². The molecule has 0 aliphatic carbocycles. The van der Waals surface area contributed by atoms with Crippen molar-refractivity contribution < 1.29 is 4.74 Å². The highest BCUT2D eigenvalue weighted by Crippen LogP contribution is 2.25. The van der Waals surface area contributed by atoms with Crippen LogP contribution in [0.4, 0.5) is 0 Å². The Bertz CT molecular complexity index is 430. The zero-order valence-corrected chi connectivity index (χ0v) is 12.7. The van der Waals surface area contributed by atoms with Crippen molar-refractivity contribution in [2.45, 2.75) is 37.1 Å². The van der Waals surface area contributed by atoms with Crippen molar-refractivity contribution in [2.24, 2.45) is 0 Å². The second kappa shape index (κ2) is 8.08. The van der Waals surface area contributed by atoms with E-state index in [0.29, 0.717) is 0 Å². The first-order chi connectivity index (χ1) is 9.13. The highest BCUT2D eigenvalue weighted by molar-refractivity contribution is 7.99. The lowest BCUT2D eigenvalue weighted by atomic mass is 10.0. The van der Waals surface area contributed by atoms with E-state index in [2.05, 4.69) is 24.4 Å². The van der Waals surface area contributed by atoms with Crippen LogP contribution in [0.2, 0.25) is 0 Å². The quantitative estimate of drug-likeness (QED) is 0.740. The Labute approximate surface area is 120 Å². The van der Waals surface area contributed by atoms with E-state index in [9.17, 15) is 5.26 Å². The van der Waals surface area contributed by atoms with Crippen LogP contribution < -0.4 is 10.1 Å². The molecule has 0 bridgehead atoms. The SMILES string of the molecule is CCCNC(C)(C#N)CCSc1cccc(OC)c1. The van der Waals surface area contributed by atoms with E-state index in [-0.39, 0.29) is 0 Å². The van der Waals surface area contributed by atoms with Gasteiger partial charge < -0.3 is 4.74 Å². The van der Waals surface area contributed by atoms with Gasteiger partial charge in [-0.15, -0.1) is 11.8 Å². The molecular weight excluding hydrogens is 256 g/mol. The maximum atomic E-state index is 9.25. The van der Waals surface area contributed by atoms with Crippen molar-refractivity contribution >= 4 is 11.8 Å². The second-order valence-electron chi connectivity index (χ2n) is 4.65. The van der Waals surface area contributed by atoms with E-state index in [0.717, 1.165) is 30.9 Å². The zero-order chi connectivity index (χ0) is 14.1. The lowest BCUT2D eigenvalue weighted by Crippen LogP contribution is -2.41. The molecular formula is C15H22N2OS. The molecule has 1 atom stereocenters. The van der Waals surface area contributed by atoms with Gasteiger partial charge in [0.2, 0.25) is 0 Å². The number of nitrogens with zero attached hydrogens (tertiary/aromatic N) is 1. The summed E-state index contributed by atoms with van der Waals surface area (Å²) in [5.41, 5.74) is -0.429. The third-order valence-electron chi connectivity index (χ3n) is 2.92. The van der Waals surface area contributed by atoms with Crippen molar-refractivity contribution in [1.82, 2.24) is 5.32 Å². The van der Waals surface area contributed by atoms with Gasteiger partial charge in [0.15, 0.2) is 0 Å². The van der Waals surface area contributed by atoms with E-state index in [1.54, 1.807) is 18.9 Å². The fourth-order valence-corrected chi connectivity index (χ4v) is 2.77. The number of thioether (sulfide) groups is 1. The maximum Gasteiger partial charge on any atom is 0.119 e. The van der Waals surface area contributed by atoms with Gasteiger partial charge in [0.1, 0.15) is 11.3 Å². The summed E-state index contributed by atoms with van der Waals surface area (Å²) in [5, 5.41) is 12.6. The third kappa shape index (κ3) is 5.54. The van der Waals surface area contributed by atoms with Crippen molar-refractivity contribution in [3.63, 3.8) is 0 Å². The number of hydrogen-bond acceptors (Lipinski definition) is 4. The fraction of sp³-hybridized carbons (Fsp3) is 0.533. The molecule has 0 amide bonds. The molecule has 0 aliphatic heterocycles. The third-order valence-corrected chi connectivity index (χ3v) is 3.92. The summed E-state index contributed by atoms with van der Waals surface area (Å²) >= 11 is 1.75. The highest BCUT2D eigenvalue weighted by atomic mass is 32.2. The van der Waals surface area contributed by atoms with Crippen molar-refractivity contribution in [3.05, 3.63) is 24.3 Å². The van der Waals surface area contributed by atoms with Gasteiger partial charge in [-0.05, 0) is 44.5 Å². The molecule has 19 heavy (non-hydrogen) atoms. The zero-order valence-electron chi connectivity index (χ0n) is 11.9. The van der Waals surface area contributed by atoms with E-state index >= 15 is 0 Å². The molecule has 1 N–H and O–H groups in total. The van der Waals surface area contributed by atoms with Crippen LogP contribution in [-0.4, -0.2) is 24.9 Å². The summed E-state index contributed by atoms with van der Waals surface area (Å²) < 4.78 is 5.20. The van der Waals surface area contributed by atoms with Crippen LogP contribution >= 0.6 is 11.8 Å². The summed E-state index contributed by atoms with van der Waals surface area (Å²) in [7, 11) is 1.67. The first-order valence-corrected chi connectivity index (χ1v) is 7.55. The van der Waals surface area contributed by atoms with Gasteiger partial charge in [-0.25, -0.2) is 0 Å². The summed E-state index contributed by atoms with van der Waals surface area (Å²) in [5.74, 6) is 1.78. The van der Waals surface area contributed by atoms with Gasteiger partial charge in [-0.1, -0.05) is 13.0 Å². The first-order valence-electron chi connectivity index (χ1n) is 6.56. The van der Waals surface area contributed by atoms with Gasteiger partial charge in [0.05, 0.1) is 13.2 Å². The second-order valence-corrected chi connectivity index (χ2v) is 5.82. The van der Waals surface area contributed by atoms with E-state index < -0.39 is 5.54 Å². The van der Waals surface area contributed by atoms with Crippen molar-refractivity contribution in [3.8, 4) is 11.8 Å². The van der Waals surface area contributed by atoms with Crippen LogP contribution in [0.3, 0.4) is 0 Å². The number of nitriles is 1. The minimum atomic E-state index is -0.429. The minimum absolute atomic E-state index is 0.429. The summed E-state index contributed by atoms with van der Waals surface area (Å²) in [6.07, 6.45) is 1.87. The van der Waals surface area contributed by atoms with Crippen LogP contribution in [0.15, 0.2) is 29.2 Å². The molecule has 0 heterocycles. The molecule has 3 nitrogen and oxygen atoms in total. The van der Waals surface area contributed by atoms with Crippen molar-refractivity contribution in [2.75, 3.05) is 19.4 Å². The average Bonchev–Trinajstić information content (AvgIpc) is 2.45. The van der Waals surface area contributed by atoms with Gasteiger partial charge >= 0.3 is 0 Å². The summed E-state index contributed by atoms with van der Waals surface area (Å²) in [6.45, 7) is 4.96.